The average Bonchev–Trinajstić information content (AvgIpc) is 2.84. The number of anilines is 1. The molecule has 3 rings (SSSR count). The van der Waals surface area contributed by atoms with Crippen molar-refractivity contribution in [2.24, 2.45) is 5.73 Å². The molecule has 0 spiro atoms. The van der Waals surface area contributed by atoms with Crippen molar-refractivity contribution < 1.29 is 4.92 Å². The van der Waals surface area contributed by atoms with E-state index in [-0.39, 0.29) is 16.7 Å². The first kappa shape index (κ1) is 14.3. The largest absolute Gasteiger partial charge is 0.345 e. The molecule has 2 fully saturated rings. The summed E-state index contributed by atoms with van der Waals surface area (Å²) < 4.78 is 1.83. The number of nitrogens with two attached hydrogens (primary N) is 1. The molecular weight excluding hydrogens is 270 g/mol. The van der Waals surface area contributed by atoms with E-state index in [1.54, 1.807) is 6.92 Å². The lowest BCUT2D eigenvalue weighted by Crippen LogP contribution is -2.48. The van der Waals surface area contributed by atoms with E-state index in [0.29, 0.717) is 30.1 Å². The molecule has 7 nitrogen and oxygen atoms in total. The van der Waals surface area contributed by atoms with Crippen LogP contribution in [0.4, 0.5) is 11.5 Å². The molecule has 2 N–H and O–H groups in total. The lowest BCUT2D eigenvalue weighted by atomic mass is 9.98. The van der Waals surface area contributed by atoms with Gasteiger partial charge in [0, 0.05) is 24.7 Å². The lowest BCUT2D eigenvalue weighted by Gasteiger charge is -2.38. The summed E-state index contributed by atoms with van der Waals surface area (Å²) in [5.41, 5.74) is 6.80. The van der Waals surface area contributed by atoms with Gasteiger partial charge in [0.25, 0.3) is 0 Å². The number of aromatic nitrogens is 2. The molecule has 2 saturated heterocycles. The molecule has 0 radical (unpaired) electrons. The third kappa shape index (κ3) is 2.29. The second-order valence-electron chi connectivity index (χ2n) is 6.26. The van der Waals surface area contributed by atoms with Crippen LogP contribution in [0.5, 0.6) is 0 Å². The molecule has 2 aliphatic rings. The first-order valence-corrected chi connectivity index (χ1v) is 7.78. The predicted octanol–water partition coefficient (Wildman–Crippen LogP) is 1.97. The van der Waals surface area contributed by atoms with E-state index >= 15 is 0 Å². The molecule has 0 saturated carbocycles. The van der Waals surface area contributed by atoms with Gasteiger partial charge in [-0.3, -0.25) is 10.1 Å². The summed E-state index contributed by atoms with van der Waals surface area (Å²) in [6, 6.07) is 0.870. The van der Waals surface area contributed by atoms with Gasteiger partial charge >= 0.3 is 5.69 Å². The van der Waals surface area contributed by atoms with E-state index in [0.717, 1.165) is 32.1 Å². The minimum atomic E-state index is -0.280. The number of rotatable bonds is 4. The van der Waals surface area contributed by atoms with Crippen LogP contribution in [0.15, 0.2) is 0 Å². The Bertz CT molecular complexity index is 542. The molecule has 1 aromatic heterocycles. The second-order valence-corrected chi connectivity index (χ2v) is 6.26. The van der Waals surface area contributed by atoms with Crippen molar-refractivity contribution in [3.05, 3.63) is 15.8 Å². The highest BCUT2D eigenvalue weighted by atomic mass is 16.6. The second kappa shape index (κ2) is 5.29. The third-order valence-corrected chi connectivity index (χ3v) is 4.70. The molecule has 2 bridgehead atoms. The maximum atomic E-state index is 11.5. The van der Waals surface area contributed by atoms with Gasteiger partial charge in [0.2, 0.25) is 5.82 Å². The van der Waals surface area contributed by atoms with Crippen LogP contribution in [-0.2, 0) is 6.54 Å². The van der Waals surface area contributed by atoms with Crippen LogP contribution < -0.4 is 10.6 Å². The molecule has 2 aliphatic heterocycles. The van der Waals surface area contributed by atoms with E-state index in [4.69, 9.17) is 5.73 Å². The van der Waals surface area contributed by atoms with Crippen LogP contribution in [0.25, 0.3) is 0 Å². The standard InChI is InChI=1S/C14H23N5O2/c1-3-6-17-14(13(19(20)21)9(2)16-17)18-11-4-5-12(18)8-10(15)7-11/h10-12H,3-8,15H2,1-2H3. The molecule has 7 heteroatoms. The van der Waals surface area contributed by atoms with Crippen molar-refractivity contribution in [1.29, 1.82) is 0 Å². The van der Waals surface area contributed by atoms with Gasteiger partial charge in [-0.15, -0.1) is 0 Å². The van der Waals surface area contributed by atoms with Gasteiger partial charge in [0.1, 0.15) is 5.69 Å². The fraction of sp³-hybridized carbons (Fsp3) is 0.786. The molecule has 3 heterocycles. The van der Waals surface area contributed by atoms with Crippen LogP contribution in [-0.4, -0.2) is 32.8 Å². The number of piperidine rings is 1. The van der Waals surface area contributed by atoms with E-state index in [1.165, 1.54) is 0 Å². The highest BCUT2D eigenvalue weighted by molar-refractivity contribution is 5.63. The average molecular weight is 293 g/mol. The Morgan fingerprint density at radius 2 is 2.00 bits per heavy atom. The smallest absolute Gasteiger partial charge is 0.333 e. The molecule has 1 aromatic rings. The molecule has 2 unspecified atom stereocenters. The van der Waals surface area contributed by atoms with Crippen molar-refractivity contribution in [1.82, 2.24) is 9.78 Å². The number of fused-ring (bicyclic) bond motifs is 2. The monoisotopic (exact) mass is 293 g/mol. The quantitative estimate of drug-likeness (QED) is 0.677. The third-order valence-electron chi connectivity index (χ3n) is 4.70. The molecule has 21 heavy (non-hydrogen) atoms. The van der Waals surface area contributed by atoms with Crippen molar-refractivity contribution in [2.75, 3.05) is 4.90 Å². The molecular formula is C14H23N5O2. The van der Waals surface area contributed by atoms with Gasteiger partial charge < -0.3 is 10.6 Å². The number of nitrogens with zero attached hydrogens (tertiary/aromatic N) is 4. The fourth-order valence-electron chi connectivity index (χ4n) is 3.96. The molecule has 2 atom stereocenters. The summed E-state index contributed by atoms with van der Waals surface area (Å²) in [6.45, 7) is 4.50. The van der Waals surface area contributed by atoms with Crippen LogP contribution in [0.1, 0.15) is 44.7 Å². The minimum Gasteiger partial charge on any atom is -0.345 e. The van der Waals surface area contributed by atoms with Crippen molar-refractivity contribution in [3.8, 4) is 0 Å². The number of nitro groups is 1. The van der Waals surface area contributed by atoms with Crippen molar-refractivity contribution in [2.45, 2.75) is 70.6 Å². The van der Waals surface area contributed by atoms with Gasteiger partial charge in [-0.25, -0.2) is 4.68 Å². The minimum absolute atomic E-state index is 0.177. The Balaban J connectivity index is 2.06. The predicted molar refractivity (Wildman–Crippen MR) is 80.4 cm³/mol. The number of hydrogen-bond donors (Lipinski definition) is 1. The normalized spacial score (nSPS) is 28.1. The van der Waals surface area contributed by atoms with Crippen LogP contribution >= 0.6 is 0 Å². The zero-order valence-electron chi connectivity index (χ0n) is 12.7. The zero-order valence-corrected chi connectivity index (χ0v) is 12.7. The number of hydrogen-bond acceptors (Lipinski definition) is 5. The Kier molecular flexibility index (Phi) is 3.61. The highest BCUT2D eigenvalue weighted by Gasteiger charge is 2.44. The summed E-state index contributed by atoms with van der Waals surface area (Å²) in [6.07, 6.45) is 4.90. The summed E-state index contributed by atoms with van der Waals surface area (Å²) in [5, 5.41) is 15.9. The van der Waals surface area contributed by atoms with E-state index in [2.05, 4.69) is 16.9 Å². The fourth-order valence-corrected chi connectivity index (χ4v) is 3.96. The van der Waals surface area contributed by atoms with Gasteiger partial charge in [-0.05, 0) is 39.0 Å². The molecule has 116 valence electrons. The highest BCUT2D eigenvalue weighted by Crippen LogP contribution is 2.43. The van der Waals surface area contributed by atoms with Crippen LogP contribution in [0.2, 0.25) is 0 Å². The van der Waals surface area contributed by atoms with Crippen molar-refractivity contribution >= 4 is 11.5 Å². The van der Waals surface area contributed by atoms with Crippen molar-refractivity contribution in [3.63, 3.8) is 0 Å². The van der Waals surface area contributed by atoms with Gasteiger partial charge in [0.15, 0.2) is 0 Å². The number of aryl methyl sites for hydroxylation is 2. The van der Waals surface area contributed by atoms with E-state index in [1.807, 2.05) is 4.68 Å². The Morgan fingerprint density at radius 3 is 2.52 bits per heavy atom. The van der Waals surface area contributed by atoms with Crippen LogP contribution in [0, 0.1) is 17.0 Å². The maximum absolute atomic E-state index is 11.5. The maximum Gasteiger partial charge on any atom is 0.333 e. The van der Waals surface area contributed by atoms with Gasteiger partial charge in [0.05, 0.1) is 4.92 Å². The topological polar surface area (TPSA) is 90.2 Å². The summed E-state index contributed by atoms with van der Waals surface area (Å²) in [5.74, 6) is 0.707. The van der Waals surface area contributed by atoms with Gasteiger partial charge in [-0.2, -0.15) is 5.10 Å². The summed E-state index contributed by atoms with van der Waals surface area (Å²) >= 11 is 0. The molecule has 0 aliphatic carbocycles. The first-order chi connectivity index (χ1) is 10.0. The Morgan fingerprint density at radius 1 is 1.38 bits per heavy atom. The van der Waals surface area contributed by atoms with Gasteiger partial charge in [-0.1, -0.05) is 6.92 Å². The zero-order chi connectivity index (χ0) is 15.1. The van der Waals surface area contributed by atoms with E-state index < -0.39 is 0 Å². The molecule has 0 amide bonds. The SMILES string of the molecule is CCCn1nc(C)c([N+](=O)[O-])c1N1C2CCC1CC(N)C2. The van der Waals surface area contributed by atoms with E-state index in [9.17, 15) is 10.1 Å². The van der Waals surface area contributed by atoms with Crippen LogP contribution in [0.3, 0.4) is 0 Å². The summed E-state index contributed by atoms with van der Waals surface area (Å²) in [7, 11) is 0. The Hall–Kier alpha value is -1.63. The Labute approximate surface area is 124 Å². The first-order valence-electron chi connectivity index (χ1n) is 7.78. The lowest BCUT2D eigenvalue weighted by molar-refractivity contribution is -0.384. The summed E-state index contributed by atoms with van der Waals surface area (Å²) in [4.78, 5) is 13.5. The molecule has 0 aromatic carbocycles.